The van der Waals surface area contributed by atoms with E-state index in [-0.39, 0.29) is 23.2 Å². The van der Waals surface area contributed by atoms with Crippen LogP contribution in [0.15, 0.2) is 34.0 Å². The molecule has 36 heavy (non-hydrogen) atoms. The summed E-state index contributed by atoms with van der Waals surface area (Å²) in [4.78, 5) is 46.4. The lowest BCUT2D eigenvalue weighted by Gasteiger charge is -2.40. The van der Waals surface area contributed by atoms with Gasteiger partial charge in [-0.2, -0.15) is 4.98 Å². The van der Waals surface area contributed by atoms with Gasteiger partial charge in [0.05, 0.1) is 16.1 Å². The summed E-state index contributed by atoms with van der Waals surface area (Å²) in [6.07, 6.45) is 0. The topological polar surface area (TPSA) is 87.5 Å². The lowest BCUT2D eigenvalue weighted by atomic mass is 10.00. The molecule has 0 aliphatic carbocycles. The highest BCUT2D eigenvalue weighted by molar-refractivity contribution is 7.99. The fourth-order valence-electron chi connectivity index (χ4n) is 4.98. The Balaban J connectivity index is 1.72. The van der Waals surface area contributed by atoms with Crippen molar-refractivity contribution in [2.24, 2.45) is 0 Å². The minimum absolute atomic E-state index is 0.0194. The molecule has 5 rings (SSSR count). The highest BCUT2D eigenvalue weighted by Crippen LogP contribution is 2.46. The SMILES string of the molecule is CNC(=O)c1cc(-c2c(Cl)cc3c(N4CCN(C(C)=O)C[C@@H]4C)nc(=O)n4c3c2SCC4)ccc1F. The van der Waals surface area contributed by atoms with E-state index in [1.165, 1.54) is 19.2 Å². The third-order valence-corrected chi connectivity index (χ3v) is 8.15. The molecule has 3 heterocycles. The molecule has 11 heteroatoms. The van der Waals surface area contributed by atoms with E-state index in [9.17, 15) is 18.8 Å². The number of piperazine rings is 1. The molecule has 3 aromatic rings. The molecule has 2 aromatic carbocycles. The van der Waals surface area contributed by atoms with Crippen LogP contribution >= 0.6 is 23.4 Å². The summed E-state index contributed by atoms with van der Waals surface area (Å²) >= 11 is 8.43. The van der Waals surface area contributed by atoms with E-state index in [0.717, 1.165) is 15.8 Å². The summed E-state index contributed by atoms with van der Waals surface area (Å²) in [7, 11) is 1.45. The Bertz CT molecular complexity index is 1480. The van der Waals surface area contributed by atoms with E-state index < -0.39 is 11.7 Å². The van der Waals surface area contributed by atoms with Crippen LogP contribution < -0.4 is 15.9 Å². The molecular formula is C25H25ClFN5O3S. The first-order valence-corrected chi connectivity index (χ1v) is 13.0. The van der Waals surface area contributed by atoms with E-state index >= 15 is 0 Å². The first-order chi connectivity index (χ1) is 17.2. The zero-order valence-electron chi connectivity index (χ0n) is 20.1. The van der Waals surface area contributed by atoms with Gasteiger partial charge in [0.25, 0.3) is 5.91 Å². The molecule has 1 atom stereocenters. The molecule has 0 radical (unpaired) electrons. The first-order valence-electron chi connectivity index (χ1n) is 11.6. The molecule has 1 fully saturated rings. The number of rotatable bonds is 3. The minimum Gasteiger partial charge on any atom is -0.355 e. The maximum Gasteiger partial charge on any atom is 0.350 e. The van der Waals surface area contributed by atoms with Crippen molar-refractivity contribution in [3.63, 3.8) is 0 Å². The second-order valence-corrected chi connectivity index (χ2v) is 10.5. The largest absolute Gasteiger partial charge is 0.355 e. The third-order valence-electron chi connectivity index (χ3n) is 6.78. The van der Waals surface area contributed by atoms with Crippen LogP contribution in [0.5, 0.6) is 0 Å². The van der Waals surface area contributed by atoms with Gasteiger partial charge in [0.2, 0.25) is 5.91 Å². The molecular weight excluding hydrogens is 505 g/mol. The van der Waals surface area contributed by atoms with Crippen LogP contribution in [0.1, 0.15) is 24.2 Å². The molecule has 0 saturated carbocycles. The third kappa shape index (κ3) is 4.02. The van der Waals surface area contributed by atoms with E-state index in [0.29, 0.717) is 53.9 Å². The van der Waals surface area contributed by atoms with Crippen LogP contribution in [0.2, 0.25) is 5.02 Å². The van der Waals surface area contributed by atoms with Gasteiger partial charge in [0.15, 0.2) is 0 Å². The average Bonchev–Trinajstić information content (AvgIpc) is 2.86. The fourth-order valence-corrected chi connectivity index (χ4v) is 6.56. The monoisotopic (exact) mass is 529 g/mol. The van der Waals surface area contributed by atoms with Crippen molar-refractivity contribution in [3.8, 4) is 11.1 Å². The predicted molar refractivity (Wildman–Crippen MR) is 140 cm³/mol. The van der Waals surface area contributed by atoms with Gasteiger partial charge in [-0.25, -0.2) is 9.18 Å². The van der Waals surface area contributed by atoms with Gasteiger partial charge in [0, 0.05) is 67.8 Å². The molecule has 0 unspecified atom stereocenters. The Morgan fingerprint density at radius 2 is 2.00 bits per heavy atom. The molecule has 1 N–H and O–H groups in total. The van der Waals surface area contributed by atoms with Crippen molar-refractivity contribution in [2.75, 3.05) is 37.3 Å². The van der Waals surface area contributed by atoms with Gasteiger partial charge in [-0.05, 0) is 30.7 Å². The van der Waals surface area contributed by atoms with Crippen molar-refractivity contribution in [1.82, 2.24) is 19.8 Å². The van der Waals surface area contributed by atoms with Gasteiger partial charge in [0.1, 0.15) is 11.6 Å². The Hall–Kier alpha value is -3.11. The Labute approximate surface area is 216 Å². The van der Waals surface area contributed by atoms with Gasteiger partial charge in [-0.3, -0.25) is 14.2 Å². The number of anilines is 1. The van der Waals surface area contributed by atoms with Crippen molar-refractivity contribution < 1.29 is 14.0 Å². The molecule has 1 saturated heterocycles. The standard InChI is InChI=1S/C25H25ClFN5O3S/c1-13-12-30(14(2)33)6-7-31(13)23-17-11-18(26)20(15-4-5-19(27)16(10-15)24(34)28-3)22-21(17)32(8-9-36-22)25(35)29-23/h4-5,10-11,13H,6-9,12H2,1-3H3,(H,28,34)/t13-/m0/s1. The number of hydrogen-bond acceptors (Lipinski definition) is 6. The van der Waals surface area contributed by atoms with Crippen LogP contribution in [-0.2, 0) is 11.3 Å². The number of aromatic nitrogens is 2. The predicted octanol–water partition coefficient (Wildman–Crippen LogP) is 3.38. The summed E-state index contributed by atoms with van der Waals surface area (Å²) in [5, 5.41) is 3.63. The van der Waals surface area contributed by atoms with Crippen LogP contribution in [0, 0.1) is 5.82 Å². The molecule has 8 nitrogen and oxygen atoms in total. The number of nitrogens with one attached hydrogen (secondary N) is 1. The Kier molecular flexibility index (Phi) is 6.42. The van der Waals surface area contributed by atoms with Crippen molar-refractivity contribution in [2.45, 2.75) is 31.3 Å². The molecule has 0 spiro atoms. The first kappa shape index (κ1) is 24.6. The van der Waals surface area contributed by atoms with Gasteiger partial charge in [-0.15, -0.1) is 11.8 Å². The summed E-state index contributed by atoms with van der Waals surface area (Å²) in [6, 6.07) is 6.09. The number of nitrogens with zero attached hydrogens (tertiary/aromatic N) is 4. The lowest BCUT2D eigenvalue weighted by molar-refractivity contribution is -0.129. The zero-order valence-corrected chi connectivity index (χ0v) is 21.7. The fraction of sp³-hybridized carbons (Fsp3) is 0.360. The maximum atomic E-state index is 14.4. The van der Waals surface area contributed by atoms with E-state index in [2.05, 4.69) is 15.2 Å². The summed E-state index contributed by atoms with van der Waals surface area (Å²) in [5.41, 5.74) is 1.54. The zero-order chi connectivity index (χ0) is 25.7. The van der Waals surface area contributed by atoms with E-state index in [1.54, 1.807) is 40.3 Å². The Morgan fingerprint density at radius 3 is 2.69 bits per heavy atom. The lowest BCUT2D eigenvalue weighted by Crippen LogP contribution is -2.54. The number of benzene rings is 2. The molecule has 1 aromatic heterocycles. The maximum absolute atomic E-state index is 14.4. The number of hydrogen-bond donors (Lipinski definition) is 1. The quantitative estimate of drug-likeness (QED) is 0.560. The van der Waals surface area contributed by atoms with Crippen LogP contribution in [-0.4, -0.2) is 64.7 Å². The van der Waals surface area contributed by atoms with Crippen molar-refractivity contribution in [3.05, 3.63) is 51.2 Å². The summed E-state index contributed by atoms with van der Waals surface area (Å²) in [6.45, 7) is 5.68. The van der Waals surface area contributed by atoms with Crippen LogP contribution in [0.25, 0.3) is 22.0 Å². The summed E-state index contributed by atoms with van der Waals surface area (Å²) in [5.74, 6) is 0.0522. The van der Waals surface area contributed by atoms with Gasteiger partial charge in [-0.1, -0.05) is 17.7 Å². The van der Waals surface area contributed by atoms with E-state index in [1.807, 2.05) is 6.92 Å². The number of carbonyl (C=O) groups is 2. The normalized spacial score (nSPS) is 17.4. The minimum atomic E-state index is -0.626. The van der Waals surface area contributed by atoms with E-state index in [4.69, 9.17) is 11.6 Å². The smallest absolute Gasteiger partial charge is 0.350 e. The van der Waals surface area contributed by atoms with Gasteiger partial charge >= 0.3 is 5.69 Å². The highest BCUT2D eigenvalue weighted by Gasteiger charge is 2.31. The van der Waals surface area contributed by atoms with Crippen molar-refractivity contribution >= 4 is 51.9 Å². The highest BCUT2D eigenvalue weighted by atomic mass is 35.5. The number of halogens is 2. The number of amides is 2. The average molecular weight is 530 g/mol. The molecule has 188 valence electrons. The molecule has 2 aliphatic rings. The summed E-state index contributed by atoms with van der Waals surface area (Å²) < 4.78 is 16.0. The number of thioether (sulfide) groups is 1. The second kappa shape index (κ2) is 9.40. The molecule has 2 aliphatic heterocycles. The molecule has 0 bridgehead atoms. The van der Waals surface area contributed by atoms with Crippen LogP contribution in [0.3, 0.4) is 0 Å². The second-order valence-electron chi connectivity index (χ2n) is 8.96. The number of aryl methyl sites for hydroxylation is 1. The van der Waals surface area contributed by atoms with Crippen molar-refractivity contribution in [1.29, 1.82) is 0 Å². The van der Waals surface area contributed by atoms with Gasteiger partial charge < -0.3 is 15.1 Å². The Morgan fingerprint density at radius 1 is 1.22 bits per heavy atom. The number of carbonyl (C=O) groups excluding carboxylic acids is 2. The molecule has 2 amide bonds. The van der Waals surface area contributed by atoms with Crippen LogP contribution in [0.4, 0.5) is 10.2 Å².